The van der Waals surface area contributed by atoms with Crippen LogP contribution < -0.4 is 14.8 Å². The van der Waals surface area contributed by atoms with Crippen molar-refractivity contribution in [2.75, 3.05) is 20.3 Å². The molecule has 2 aromatic rings. The maximum absolute atomic E-state index is 11.8. The van der Waals surface area contributed by atoms with Gasteiger partial charge in [0.2, 0.25) is 0 Å². The zero-order valence-corrected chi connectivity index (χ0v) is 13.0. The number of benzene rings is 2. The standard InChI is InChI=1S/C18H21NO3/c1-14-6-5-7-15(12-14)10-11-19-18(20)13-22-17-9-4-3-8-16(17)21-2/h3-9,12H,10-11,13H2,1-2H3,(H,19,20). The number of carbonyl (C=O) groups is 1. The van der Waals surface area contributed by atoms with E-state index < -0.39 is 0 Å². The minimum absolute atomic E-state index is 0.0197. The largest absolute Gasteiger partial charge is 0.493 e. The van der Waals surface area contributed by atoms with Crippen LogP contribution in [0, 0.1) is 6.92 Å². The van der Waals surface area contributed by atoms with Crippen LogP contribution in [-0.2, 0) is 11.2 Å². The molecule has 116 valence electrons. The fraction of sp³-hybridized carbons (Fsp3) is 0.278. The highest BCUT2D eigenvalue weighted by Gasteiger charge is 2.06. The Morgan fingerprint density at radius 1 is 1.09 bits per heavy atom. The number of amides is 1. The average Bonchev–Trinajstić information content (AvgIpc) is 2.53. The Balaban J connectivity index is 1.74. The number of ether oxygens (including phenoxy) is 2. The molecule has 0 spiro atoms. The Morgan fingerprint density at radius 3 is 2.59 bits per heavy atom. The van der Waals surface area contributed by atoms with Gasteiger partial charge in [0.25, 0.3) is 5.91 Å². The second-order valence-corrected chi connectivity index (χ2v) is 5.03. The van der Waals surface area contributed by atoms with Crippen molar-refractivity contribution >= 4 is 5.91 Å². The molecule has 0 unspecified atom stereocenters. The maximum Gasteiger partial charge on any atom is 0.257 e. The number of nitrogens with one attached hydrogen (secondary N) is 1. The van der Waals surface area contributed by atoms with Gasteiger partial charge in [-0.05, 0) is 31.0 Å². The Bertz CT molecular complexity index is 625. The summed E-state index contributed by atoms with van der Waals surface area (Å²) in [5.41, 5.74) is 2.44. The van der Waals surface area contributed by atoms with Gasteiger partial charge in [-0.3, -0.25) is 4.79 Å². The van der Waals surface area contributed by atoms with E-state index in [0.29, 0.717) is 18.0 Å². The van der Waals surface area contributed by atoms with E-state index in [1.165, 1.54) is 11.1 Å². The van der Waals surface area contributed by atoms with Crippen LogP contribution >= 0.6 is 0 Å². The van der Waals surface area contributed by atoms with E-state index in [2.05, 4.69) is 30.4 Å². The number of rotatable bonds is 7. The first kappa shape index (κ1) is 15.9. The molecule has 4 nitrogen and oxygen atoms in total. The van der Waals surface area contributed by atoms with Crippen molar-refractivity contribution in [2.45, 2.75) is 13.3 Å². The first-order valence-electron chi connectivity index (χ1n) is 7.27. The van der Waals surface area contributed by atoms with Crippen LogP contribution in [-0.4, -0.2) is 26.2 Å². The minimum atomic E-state index is -0.140. The van der Waals surface area contributed by atoms with E-state index in [1.54, 1.807) is 19.2 Å². The molecule has 0 heterocycles. The molecule has 0 aromatic heterocycles. The fourth-order valence-electron chi connectivity index (χ4n) is 2.15. The van der Waals surface area contributed by atoms with Crippen LogP contribution in [0.4, 0.5) is 0 Å². The lowest BCUT2D eigenvalue weighted by atomic mass is 10.1. The summed E-state index contributed by atoms with van der Waals surface area (Å²) in [6, 6.07) is 15.5. The van der Waals surface area contributed by atoms with Crippen molar-refractivity contribution in [3.05, 3.63) is 59.7 Å². The Kier molecular flexibility index (Phi) is 5.83. The fourth-order valence-corrected chi connectivity index (χ4v) is 2.15. The maximum atomic E-state index is 11.8. The molecule has 22 heavy (non-hydrogen) atoms. The van der Waals surface area contributed by atoms with Crippen LogP contribution in [0.25, 0.3) is 0 Å². The number of hydrogen-bond donors (Lipinski definition) is 1. The Morgan fingerprint density at radius 2 is 1.86 bits per heavy atom. The summed E-state index contributed by atoms with van der Waals surface area (Å²) in [7, 11) is 1.57. The highest BCUT2D eigenvalue weighted by atomic mass is 16.5. The van der Waals surface area contributed by atoms with Crippen molar-refractivity contribution in [1.82, 2.24) is 5.32 Å². The first-order chi connectivity index (χ1) is 10.7. The number of carbonyl (C=O) groups excluding carboxylic acids is 1. The van der Waals surface area contributed by atoms with E-state index in [9.17, 15) is 4.79 Å². The third-order valence-electron chi connectivity index (χ3n) is 3.25. The first-order valence-corrected chi connectivity index (χ1v) is 7.27. The van der Waals surface area contributed by atoms with Crippen LogP contribution in [0.1, 0.15) is 11.1 Å². The highest BCUT2D eigenvalue weighted by Crippen LogP contribution is 2.25. The number of para-hydroxylation sites is 2. The van der Waals surface area contributed by atoms with Crippen molar-refractivity contribution < 1.29 is 14.3 Å². The van der Waals surface area contributed by atoms with E-state index in [4.69, 9.17) is 9.47 Å². The minimum Gasteiger partial charge on any atom is -0.493 e. The van der Waals surface area contributed by atoms with E-state index in [-0.39, 0.29) is 12.5 Å². The summed E-state index contributed by atoms with van der Waals surface area (Å²) in [5.74, 6) is 1.05. The zero-order chi connectivity index (χ0) is 15.8. The van der Waals surface area contributed by atoms with Gasteiger partial charge in [0.15, 0.2) is 18.1 Å². The molecule has 4 heteroatoms. The van der Waals surface area contributed by atoms with Gasteiger partial charge in [0, 0.05) is 6.54 Å². The number of aryl methyl sites for hydroxylation is 1. The molecule has 0 saturated heterocycles. The summed E-state index contributed by atoms with van der Waals surface area (Å²) in [5, 5.41) is 2.85. The van der Waals surface area contributed by atoms with Gasteiger partial charge in [-0.25, -0.2) is 0 Å². The summed E-state index contributed by atoms with van der Waals surface area (Å²) in [6.45, 7) is 2.63. The molecule has 2 rings (SSSR count). The smallest absolute Gasteiger partial charge is 0.257 e. The average molecular weight is 299 g/mol. The molecule has 1 amide bonds. The quantitative estimate of drug-likeness (QED) is 0.855. The number of methoxy groups -OCH3 is 1. The van der Waals surface area contributed by atoms with Crippen LogP contribution in [0.2, 0.25) is 0 Å². The molecule has 2 aromatic carbocycles. The lowest BCUT2D eigenvalue weighted by Crippen LogP contribution is -2.30. The second-order valence-electron chi connectivity index (χ2n) is 5.03. The normalized spacial score (nSPS) is 10.1. The molecular weight excluding hydrogens is 278 g/mol. The molecule has 0 radical (unpaired) electrons. The van der Waals surface area contributed by atoms with Gasteiger partial charge in [0.1, 0.15) is 0 Å². The van der Waals surface area contributed by atoms with Gasteiger partial charge >= 0.3 is 0 Å². The molecular formula is C18H21NO3. The van der Waals surface area contributed by atoms with Crippen molar-refractivity contribution in [1.29, 1.82) is 0 Å². The molecule has 0 aliphatic carbocycles. The van der Waals surface area contributed by atoms with E-state index >= 15 is 0 Å². The molecule has 0 bridgehead atoms. The topological polar surface area (TPSA) is 47.6 Å². The molecule has 0 aliphatic rings. The molecule has 1 N–H and O–H groups in total. The van der Waals surface area contributed by atoms with E-state index in [0.717, 1.165) is 6.42 Å². The summed E-state index contributed by atoms with van der Waals surface area (Å²) < 4.78 is 10.6. The van der Waals surface area contributed by atoms with Gasteiger partial charge in [0.05, 0.1) is 7.11 Å². The second kappa shape index (κ2) is 8.08. The van der Waals surface area contributed by atoms with Crippen LogP contribution in [0.5, 0.6) is 11.5 Å². The van der Waals surface area contributed by atoms with Gasteiger partial charge in [-0.2, -0.15) is 0 Å². The summed E-state index contributed by atoms with van der Waals surface area (Å²) >= 11 is 0. The van der Waals surface area contributed by atoms with Gasteiger partial charge in [-0.15, -0.1) is 0 Å². The zero-order valence-electron chi connectivity index (χ0n) is 13.0. The Labute approximate surface area is 131 Å². The third-order valence-corrected chi connectivity index (χ3v) is 3.25. The van der Waals surface area contributed by atoms with Crippen LogP contribution in [0.3, 0.4) is 0 Å². The predicted octanol–water partition coefficient (Wildman–Crippen LogP) is 2.74. The van der Waals surface area contributed by atoms with Crippen molar-refractivity contribution in [3.63, 3.8) is 0 Å². The van der Waals surface area contributed by atoms with Gasteiger partial charge in [-0.1, -0.05) is 42.0 Å². The predicted molar refractivity (Wildman–Crippen MR) is 86.4 cm³/mol. The van der Waals surface area contributed by atoms with Crippen LogP contribution in [0.15, 0.2) is 48.5 Å². The monoisotopic (exact) mass is 299 g/mol. The lowest BCUT2D eigenvalue weighted by Gasteiger charge is -2.10. The molecule has 0 fully saturated rings. The summed E-state index contributed by atoms with van der Waals surface area (Å²) in [4.78, 5) is 11.8. The summed E-state index contributed by atoms with van der Waals surface area (Å²) in [6.07, 6.45) is 0.808. The Hall–Kier alpha value is -2.49. The van der Waals surface area contributed by atoms with Crippen molar-refractivity contribution in [2.24, 2.45) is 0 Å². The lowest BCUT2D eigenvalue weighted by molar-refractivity contribution is -0.123. The van der Waals surface area contributed by atoms with Gasteiger partial charge < -0.3 is 14.8 Å². The molecule has 0 atom stereocenters. The molecule has 0 aliphatic heterocycles. The highest BCUT2D eigenvalue weighted by molar-refractivity contribution is 5.77. The number of hydrogen-bond acceptors (Lipinski definition) is 3. The van der Waals surface area contributed by atoms with E-state index in [1.807, 2.05) is 18.2 Å². The SMILES string of the molecule is COc1ccccc1OCC(=O)NCCc1cccc(C)c1. The molecule has 0 saturated carbocycles. The third kappa shape index (κ3) is 4.81. The van der Waals surface area contributed by atoms with Crippen molar-refractivity contribution in [3.8, 4) is 11.5 Å².